The van der Waals surface area contributed by atoms with Crippen molar-refractivity contribution in [2.45, 2.75) is 25.9 Å². The van der Waals surface area contributed by atoms with Crippen molar-refractivity contribution in [2.75, 3.05) is 51.8 Å². The summed E-state index contributed by atoms with van der Waals surface area (Å²) in [6.45, 7) is 7.19. The number of nitrogens with one attached hydrogen (secondary N) is 3. The van der Waals surface area contributed by atoms with Crippen LogP contribution in [0.1, 0.15) is 24.0 Å². The Morgan fingerprint density at radius 3 is 2.48 bits per heavy atom. The van der Waals surface area contributed by atoms with Crippen molar-refractivity contribution in [3.8, 4) is 0 Å². The molecule has 1 aromatic heterocycles. The van der Waals surface area contributed by atoms with Crippen LogP contribution in [0.4, 0.5) is 5.82 Å². The number of aromatic nitrogens is 1. The second kappa shape index (κ2) is 15.0. The number of pyridine rings is 1. The Hall–Kier alpha value is -1.91. The molecule has 1 aromatic carbocycles. The minimum atomic E-state index is 0. The summed E-state index contributed by atoms with van der Waals surface area (Å²) in [6, 6.07) is 14.5. The standard InChI is InChI=1S/C23H34N6O.HI/c1-24-23(27-13-7-6-12-26-22-10-4-5-11-25-22)28-18-20-8-2-3-9-21(20)19-29-14-16-30-17-15-29;/h2-5,8-11H,6-7,12-19H2,1H3,(H,25,26)(H2,24,27,28);1H. The molecule has 2 heterocycles. The molecule has 3 rings (SSSR count). The molecule has 1 saturated heterocycles. The summed E-state index contributed by atoms with van der Waals surface area (Å²) in [5.41, 5.74) is 2.68. The van der Waals surface area contributed by atoms with Gasteiger partial charge >= 0.3 is 0 Å². The van der Waals surface area contributed by atoms with Crippen LogP contribution < -0.4 is 16.0 Å². The van der Waals surface area contributed by atoms with Gasteiger partial charge < -0.3 is 20.7 Å². The number of hydrogen-bond donors (Lipinski definition) is 3. The molecule has 3 N–H and O–H groups in total. The number of nitrogens with zero attached hydrogens (tertiary/aromatic N) is 3. The second-order valence-corrected chi connectivity index (χ2v) is 7.36. The molecule has 0 spiro atoms. The van der Waals surface area contributed by atoms with Gasteiger partial charge in [0.1, 0.15) is 5.82 Å². The van der Waals surface area contributed by atoms with E-state index in [-0.39, 0.29) is 24.0 Å². The summed E-state index contributed by atoms with van der Waals surface area (Å²) in [6.07, 6.45) is 3.94. The molecule has 0 aliphatic carbocycles. The van der Waals surface area contributed by atoms with Crippen LogP contribution in [-0.2, 0) is 17.8 Å². The summed E-state index contributed by atoms with van der Waals surface area (Å²) in [5.74, 6) is 1.77. The van der Waals surface area contributed by atoms with Crippen molar-refractivity contribution >= 4 is 35.8 Å². The van der Waals surface area contributed by atoms with E-state index in [1.165, 1.54) is 11.1 Å². The van der Waals surface area contributed by atoms with Crippen LogP contribution in [-0.4, -0.2) is 62.3 Å². The third-order valence-electron chi connectivity index (χ3n) is 5.15. The van der Waals surface area contributed by atoms with Crippen LogP contribution in [0.5, 0.6) is 0 Å². The first-order valence-corrected chi connectivity index (χ1v) is 10.8. The Morgan fingerprint density at radius 2 is 1.74 bits per heavy atom. The zero-order chi connectivity index (χ0) is 20.9. The molecule has 1 aliphatic rings. The zero-order valence-electron chi connectivity index (χ0n) is 18.3. The largest absolute Gasteiger partial charge is 0.379 e. The highest BCUT2D eigenvalue weighted by molar-refractivity contribution is 14.0. The third kappa shape index (κ3) is 9.40. The molecule has 0 bridgehead atoms. The predicted molar refractivity (Wildman–Crippen MR) is 138 cm³/mol. The van der Waals surface area contributed by atoms with Gasteiger partial charge in [0, 0.05) is 52.5 Å². The Labute approximate surface area is 203 Å². The van der Waals surface area contributed by atoms with E-state index in [1.54, 1.807) is 6.20 Å². The second-order valence-electron chi connectivity index (χ2n) is 7.36. The molecule has 7 nitrogen and oxygen atoms in total. The maximum absolute atomic E-state index is 5.46. The van der Waals surface area contributed by atoms with Gasteiger partial charge in [-0.15, -0.1) is 24.0 Å². The number of hydrogen-bond acceptors (Lipinski definition) is 5. The number of ether oxygens (including phenoxy) is 1. The lowest BCUT2D eigenvalue weighted by molar-refractivity contribution is 0.0341. The summed E-state index contributed by atoms with van der Waals surface area (Å²) in [5, 5.41) is 10.2. The molecular weight excluding hydrogens is 503 g/mol. The Balaban J connectivity index is 0.00000341. The molecule has 0 saturated carbocycles. The van der Waals surface area contributed by atoms with Gasteiger partial charge in [0.05, 0.1) is 13.2 Å². The van der Waals surface area contributed by atoms with Crippen molar-refractivity contribution in [3.05, 3.63) is 59.8 Å². The highest BCUT2D eigenvalue weighted by Gasteiger charge is 2.12. The maximum atomic E-state index is 5.46. The number of morpholine rings is 1. The number of rotatable bonds is 10. The molecule has 0 unspecified atom stereocenters. The summed E-state index contributed by atoms with van der Waals surface area (Å²) in [4.78, 5) is 11.1. The van der Waals surface area contributed by atoms with E-state index in [9.17, 15) is 0 Å². The number of guanidine groups is 1. The Morgan fingerprint density at radius 1 is 1.00 bits per heavy atom. The number of anilines is 1. The smallest absolute Gasteiger partial charge is 0.191 e. The van der Waals surface area contributed by atoms with Crippen LogP contribution in [0, 0.1) is 0 Å². The Kier molecular flexibility index (Phi) is 12.3. The maximum Gasteiger partial charge on any atom is 0.191 e. The van der Waals surface area contributed by atoms with Gasteiger partial charge in [-0.05, 0) is 36.1 Å². The SMILES string of the molecule is CN=C(NCCCCNc1ccccn1)NCc1ccccc1CN1CCOCC1.I. The van der Waals surface area contributed by atoms with E-state index in [1.807, 2.05) is 25.2 Å². The van der Waals surface area contributed by atoms with Crippen LogP contribution in [0.2, 0.25) is 0 Å². The number of aliphatic imine (C=N–C) groups is 1. The average molecular weight is 538 g/mol. The monoisotopic (exact) mass is 538 g/mol. The van der Waals surface area contributed by atoms with Gasteiger partial charge in [0.15, 0.2) is 5.96 Å². The first kappa shape index (κ1) is 25.4. The highest BCUT2D eigenvalue weighted by atomic mass is 127. The van der Waals surface area contributed by atoms with Crippen LogP contribution >= 0.6 is 24.0 Å². The highest BCUT2D eigenvalue weighted by Crippen LogP contribution is 2.13. The van der Waals surface area contributed by atoms with Crippen molar-refractivity contribution in [1.82, 2.24) is 20.5 Å². The van der Waals surface area contributed by atoms with Gasteiger partial charge in [-0.25, -0.2) is 4.98 Å². The summed E-state index contributed by atoms with van der Waals surface area (Å²) >= 11 is 0. The minimum absolute atomic E-state index is 0. The average Bonchev–Trinajstić information content (AvgIpc) is 2.80. The quantitative estimate of drug-likeness (QED) is 0.187. The molecule has 8 heteroatoms. The molecular formula is C23H35IN6O. The van der Waals surface area contributed by atoms with Crippen LogP contribution in [0.25, 0.3) is 0 Å². The van der Waals surface area contributed by atoms with Crippen molar-refractivity contribution in [1.29, 1.82) is 0 Å². The van der Waals surface area contributed by atoms with Gasteiger partial charge in [-0.1, -0.05) is 30.3 Å². The molecule has 0 amide bonds. The predicted octanol–water partition coefficient (Wildman–Crippen LogP) is 3.09. The first-order valence-electron chi connectivity index (χ1n) is 10.8. The lowest BCUT2D eigenvalue weighted by Crippen LogP contribution is -2.38. The Bertz CT molecular complexity index is 768. The topological polar surface area (TPSA) is 73.8 Å². The normalized spacial score (nSPS) is 14.5. The lowest BCUT2D eigenvalue weighted by Gasteiger charge is -2.27. The molecule has 2 aromatic rings. The van der Waals surface area contributed by atoms with E-state index >= 15 is 0 Å². The van der Waals surface area contributed by atoms with Gasteiger partial charge in [0.25, 0.3) is 0 Å². The zero-order valence-corrected chi connectivity index (χ0v) is 20.7. The lowest BCUT2D eigenvalue weighted by atomic mass is 10.1. The molecule has 0 atom stereocenters. The molecule has 1 aliphatic heterocycles. The fourth-order valence-corrected chi connectivity index (χ4v) is 3.42. The first-order chi connectivity index (χ1) is 14.8. The van der Waals surface area contributed by atoms with Crippen molar-refractivity contribution < 1.29 is 4.74 Å². The van der Waals surface area contributed by atoms with Crippen molar-refractivity contribution in [2.24, 2.45) is 4.99 Å². The van der Waals surface area contributed by atoms with Crippen LogP contribution in [0.3, 0.4) is 0 Å². The summed E-state index contributed by atoms with van der Waals surface area (Å²) < 4.78 is 5.46. The fraction of sp³-hybridized carbons (Fsp3) is 0.478. The van der Waals surface area contributed by atoms with E-state index in [2.05, 4.69) is 55.1 Å². The van der Waals surface area contributed by atoms with E-state index in [0.717, 1.165) is 77.1 Å². The van der Waals surface area contributed by atoms with Gasteiger partial charge in [0.2, 0.25) is 0 Å². The molecule has 170 valence electrons. The van der Waals surface area contributed by atoms with Crippen LogP contribution in [0.15, 0.2) is 53.7 Å². The number of halogens is 1. The number of benzene rings is 1. The fourth-order valence-electron chi connectivity index (χ4n) is 3.42. The van der Waals surface area contributed by atoms with Crippen molar-refractivity contribution in [3.63, 3.8) is 0 Å². The third-order valence-corrected chi connectivity index (χ3v) is 5.15. The van der Waals surface area contributed by atoms with E-state index in [4.69, 9.17) is 4.74 Å². The van der Waals surface area contributed by atoms with Gasteiger partial charge in [-0.3, -0.25) is 9.89 Å². The minimum Gasteiger partial charge on any atom is -0.379 e. The summed E-state index contributed by atoms with van der Waals surface area (Å²) in [7, 11) is 1.82. The van der Waals surface area contributed by atoms with E-state index in [0.29, 0.717) is 0 Å². The molecule has 1 fully saturated rings. The van der Waals surface area contributed by atoms with E-state index < -0.39 is 0 Å². The van der Waals surface area contributed by atoms with Gasteiger partial charge in [-0.2, -0.15) is 0 Å². The molecule has 0 radical (unpaired) electrons. The number of unbranched alkanes of at least 4 members (excludes halogenated alkanes) is 1. The molecule has 31 heavy (non-hydrogen) atoms.